The molecule has 0 aliphatic heterocycles. The van der Waals surface area contributed by atoms with Crippen molar-refractivity contribution in [3.8, 4) is 11.3 Å². The number of nitrogens with one attached hydrogen (secondary N) is 1. The number of nitrogens with two attached hydrogens (primary N) is 2. The molecule has 1 aromatic carbocycles. The fourth-order valence-electron chi connectivity index (χ4n) is 3.50. The Balaban J connectivity index is 1.93. The quantitative estimate of drug-likeness (QED) is 0.438. The summed E-state index contributed by atoms with van der Waals surface area (Å²) in [5.74, 6) is 0.00845. The lowest BCUT2D eigenvalue weighted by atomic mass is 9.87. The summed E-state index contributed by atoms with van der Waals surface area (Å²) in [6.45, 7) is 2.65. The molecule has 0 radical (unpaired) electrons. The Morgan fingerprint density at radius 2 is 1.92 bits per heavy atom. The first-order valence-corrected chi connectivity index (χ1v) is 8.93. The number of nitrogens with zero attached hydrogens (tertiary/aromatic N) is 3. The van der Waals surface area contributed by atoms with Crippen molar-refractivity contribution in [2.45, 2.75) is 19.4 Å². The number of anilines is 1. The molecule has 3 aromatic rings. The molecule has 0 saturated heterocycles. The number of pyridine rings is 1. The predicted octanol–water partition coefficient (Wildman–Crippen LogP) is 1.75. The molecule has 0 bridgehead atoms. The number of benzene rings is 1. The van der Waals surface area contributed by atoms with Crippen LogP contribution in [0.1, 0.15) is 28.8 Å². The Labute approximate surface area is 151 Å². The largest absolute Gasteiger partial charge is 0.384 e. The first-order valence-electron chi connectivity index (χ1n) is 8.93. The second kappa shape index (κ2) is 6.86. The molecule has 0 amide bonds. The van der Waals surface area contributed by atoms with Crippen LogP contribution in [0, 0.1) is 0 Å². The van der Waals surface area contributed by atoms with Crippen molar-refractivity contribution in [1.29, 1.82) is 0 Å². The van der Waals surface area contributed by atoms with Crippen LogP contribution in [0.25, 0.3) is 22.2 Å². The lowest BCUT2D eigenvalue weighted by Crippen LogP contribution is -2.15. The Hall–Kier alpha value is -2.77. The minimum atomic E-state index is 0.00845. The smallest absolute Gasteiger partial charge is 0.196 e. The molecular formula is C19H22N6O. The molecule has 2 heterocycles. The second-order valence-electron chi connectivity index (χ2n) is 6.42. The number of hydrogen-bond donors (Lipinski definition) is 3. The lowest BCUT2D eigenvalue weighted by Gasteiger charge is -2.18. The van der Waals surface area contributed by atoms with Gasteiger partial charge in [-0.25, -0.2) is 0 Å². The van der Waals surface area contributed by atoms with Crippen molar-refractivity contribution < 1.29 is 4.79 Å². The molecule has 26 heavy (non-hydrogen) atoms. The number of carbonyl (C=O) groups is 1. The van der Waals surface area contributed by atoms with E-state index in [-0.39, 0.29) is 5.78 Å². The molecule has 2 aromatic heterocycles. The molecule has 0 fully saturated rings. The normalized spacial score (nSPS) is 12.5. The van der Waals surface area contributed by atoms with E-state index in [4.69, 9.17) is 16.6 Å². The van der Waals surface area contributed by atoms with Crippen LogP contribution in [0.2, 0.25) is 0 Å². The van der Waals surface area contributed by atoms with E-state index in [1.807, 2.05) is 16.8 Å². The number of aromatic nitrogens is 3. The SMILES string of the molecule is NCCCNc1ccc2c3c(nn2CCCN)-c2cnccc2C(=O)c13. The summed E-state index contributed by atoms with van der Waals surface area (Å²) in [7, 11) is 0. The predicted molar refractivity (Wildman–Crippen MR) is 102 cm³/mol. The minimum Gasteiger partial charge on any atom is -0.384 e. The number of aryl methyl sites for hydroxylation is 1. The van der Waals surface area contributed by atoms with Crippen molar-refractivity contribution in [3.63, 3.8) is 0 Å². The van der Waals surface area contributed by atoms with Crippen LogP contribution in [0.15, 0.2) is 30.6 Å². The van der Waals surface area contributed by atoms with Crippen LogP contribution in [-0.4, -0.2) is 40.2 Å². The first-order chi connectivity index (χ1) is 12.8. The van der Waals surface area contributed by atoms with Gasteiger partial charge in [0.1, 0.15) is 5.69 Å². The standard InChI is InChI=1S/C19H22N6O/c20-6-1-8-23-14-3-4-15-17-16(14)19(26)12-5-9-22-11-13(12)18(17)24-25(15)10-2-7-21/h3-5,9,11,23H,1-2,6-8,10,20-21H2. The summed E-state index contributed by atoms with van der Waals surface area (Å²) in [6, 6.07) is 5.75. The van der Waals surface area contributed by atoms with Crippen LogP contribution >= 0.6 is 0 Å². The number of rotatable bonds is 7. The van der Waals surface area contributed by atoms with Crippen molar-refractivity contribution in [3.05, 3.63) is 41.7 Å². The maximum atomic E-state index is 13.2. The average Bonchev–Trinajstić information content (AvgIpc) is 3.04. The van der Waals surface area contributed by atoms with E-state index in [9.17, 15) is 4.79 Å². The molecule has 0 atom stereocenters. The summed E-state index contributed by atoms with van der Waals surface area (Å²) in [5, 5.41) is 9.04. The van der Waals surface area contributed by atoms with Crippen LogP contribution in [-0.2, 0) is 6.54 Å². The average molecular weight is 350 g/mol. The summed E-state index contributed by atoms with van der Waals surface area (Å²) >= 11 is 0. The fourth-order valence-corrected chi connectivity index (χ4v) is 3.50. The van der Waals surface area contributed by atoms with E-state index in [0.717, 1.165) is 53.8 Å². The van der Waals surface area contributed by atoms with E-state index in [1.54, 1.807) is 18.5 Å². The van der Waals surface area contributed by atoms with Gasteiger partial charge in [-0.15, -0.1) is 0 Å². The third-order valence-corrected chi connectivity index (χ3v) is 4.74. The maximum absolute atomic E-state index is 13.2. The summed E-state index contributed by atoms with van der Waals surface area (Å²) in [5.41, 5.74) is 16.0. The third kappa shape index (κ3) is 2.56. The van der Waals surface area contributed by atoms with Crippen LogP contribution in [0.5, 0.6) is 0 Å². The van der Waals surface area contributed by atoms with Gasteiger partial charge in [-0.3, -0.25) is 14.5 Å². The van der Waals surface area contributed by atoms with E-state index < -0.39 is 0 Å². The number of hydrogen-bond acceptors (Lipinski definition) is 6. The highest BCUT2D eigenvalue weighted by atomic mass is 16.1. The number of ketones is 1. The Morgan fingerprint density at radius 3 is 2.73 bits per heavy atom. The Morgan fingerprint density at radius 1 is 1.08 bits per heavy atom. The third-order valence-electron chi connectivity index (χ3n) is 4.74. The molecule has 1 aliphatic rings. The Bertz CT molecular complexity index is 978. The molecule has 7 heteroatoms. The topological polar surface area (TPSA) is 112 Å². The van der Waals surface area contributed by atoms with Crippen LogP contribution < -0.4 is 16.8 Å². The molecule has 1 aliphatic carbocycles. The highest BCUT2D eigenvalue weighted by molar-refractivity contribution is 6.27. The monoisotopic (exact) mass is 350 g/mol. The summed E-state index contributed by atoms with van der Waals surface area (Å²) in [4.78, 5) is 17.4. The van der Waals surface area contributed by atoms with Crippen molar-refractivity contribution in [2.24, 2.45) is 11.5 Å². The Kier molecular flexibility index (Phi) is 4.40. The van der Waals surface area contributed by atoms with Gasteiger partial charge >= 0.3 is 0 Å². The summed E-state index contributed by atoms with van der Waals surface area (Å²) in [6.07, 6.45) is 5.04. The van der Waals surface area contributed by atoms with E-state index in [2.05, 4.69) is 10.3 Å². The van der Waals surface area contributed by atoms with E-state index in [1.165, 1.54) is 0 Å². The molecule has 0 unspecified atom stereocenters. The summed E-state index contributed by atoms with van der Waals surface area (Å²) < 4.78 is 1.94. The molecule has 134 valence electrons. The zero-order valence-corrected chi connectivity index (χ0v) is 14.5. The zero-order valence-electron chi connectivity index (χ0n) is 14.5. The first kappa shape index (κ1) is 16.7. The van der Waals surface area contributed by atoms with Crippen LogP contribution in [0.3, 0.4) is 0 Å². The molecule has 0 spiro atoms. The van der Waals surface area contributed by atoms with Gasteiger partial charge < -0.3 is 16.8 Å². The lowest BCUT2D eigenvalue weighted by molar-refractivity contribution is 0.104. The van der Waals surface area contributed by atoms with Gasteiger partial charge in [-0.1, -0.05) is 0 Å². The van der Waals surface area contributed by atoms with Gasteiger partial charge in [-0.2, -0.15) is 5.10 Å². The van der Waals surface area contributed by atoms with Gasteiger partial charge in [0.25, 0.3) is 0 Å². The number of fused-ring (bicyclic) bond motifs is 2. The maximum Gasteiger partial charge on any atom is 0.196 e. The van der Waals surface area contributed by atoms with E-state index in [0.29, 0.717) is 24.2 Å². The highest BCUT2D eigenvalue weighted by Gasteiger charge is 2.31. The van der Waals surface area contributed by atoms with Gasteiger partial charge in [0.05, 0.1) is 11.1 Å². The van der Waals surface area contributed by atoms with Gasteiger partial charge in [-0.05, 0) is 44.1 Å². The molecule has 4 rings (SSSR count). The molecule has 0 saturated carbocycles. The van der Waals surface area contributed by atoms with Gasteiger partial charge in [0.15, 0.2) is 5.78 Å². The van der Waals surface area contributed by atoms with Crippen molar-refractivity contribution in [2.75, 3.05) is 25.0 Å². The zero-order chi connectivity index (χ0) is 18.1. The van der Waals surface area contributed by atoms with Gasteiger partial charge in [0.2, 0.25) is 0 Å². The number of carbonyl (C=O) groups excluding carboxylic acids is 1. The highest BCUT2D eigenvalue weighted by Crippen LogP contribution is 2.41. The molecule has 7 nitrogen and oxygen atoms in total. The van der Waals surface area contributed by atoms with Crippen molar-refractivity contribution in [1.82, 2.24) is 14.8 Å². The fraction of sp³-hybridized carbons (Fsp3) is 0.316. The molecular weight excluding hydrogens is 328 g/mol. The molecule has 5 N–H and O–H groups in total. The minimum absolute atomic E-state index is 0.00845. The van der Waals surface area contributed by atoms with E-state index >= 15 is 0 Å². The van der Waals surface area contributed by atoms with Crippen molar-refractivity contribution >= 4 is 22.4 Å². The van der Waals surface area contributed by atoms with Gasteiger partial charge in [0, 0.05) is 47.7 Å². The van der Waals surface area contributed by atoms with Crippen LogP contribution in [0.4, 0.5) is 5.69 Å². The second-order valence-corrected chi connectivity index (χ2v) is 6.42.